The Kier molecular flexibility index (Phi) is 9.05. The largest absolute Gasteiger partial charge is 0.480 e. The molecule has 11 heteroatoms. The molecule has 3 aromatic rings. The van der Waals surface area contributed by atoms with E-state index in [2.05, 4.69) is 27.6 Å². The van der Waals surface area contributed by atoms with Crippen molar-refractivity contribution in [2.45, 2.75) is 65.1 Å². The number of aliphatic hydroxyl groups is 1. The summed E-state index contributed by atoms with van der Waals surface area (Å²) in [6, 6.07) is 5.62. The Balaban J connectivity index is 2.00. The summed E-state index contributed by atoms with van der Waals surface area (Å²) < 4.78 is 12.6. The Morgan fingerprint density at radius 1 is 1.33 bits per heavy atom. The van der Waals surface area contributed by atoms with E-state index in [1.54, 1.807) is 43.2 Å². The Labute approximate surface area is 211 Å². The summed E-state index contributed by atoms with van der Waals surface area (Å²) >= 11 is 0. The summed E-state index contributed by atoms with van der Waals surface area (Å²) in [6.07, 6.45) is 5.43. The van der Waals surface area contributed by atoms with Gasteiger partial charge in [-0.3, -0.25) is 4.90 Å². The van der Waals surface area contributed by atoms with Crippen LogP contribution in [0.2, 0.25) is 0 Å². The minimum atomic E-state index is -0.648. The van der Waals surface area contributed by atoms with Gasteiger partial charge in [0.15, 0.2) is 5.65 Å². The summed E-state index contributed by atoms with van der Waals surface area (Å²) in [4.78, 5) is 23.3. The minimum Gasteiger partial charge on any atom is -0.480 e. The SMILES string of the molecule is CCC(CCCO)NCc1cnn2c(N(C)C(=O)OC(C)(C)C)cc(Nc3cccnc3OC)nc12. The van der Waals surface area contributed by atoms with E-state index in [0.717, 1.165) is 24.8 Å². The van der Waals surface area contributed by atoms with E-state index in [-0.39, 0.29) is 12.6 Å². The van der Waals surface area contributed by atoms with Gasteiger partial charge in [-0.25, -0.2) is 14.8 Å². The molecule has 1 amide bonds. The number of nitrogens with zero attached hydrogens (tertiary/aromatic N) is 5. The van der Waals surface area contributed by atoms with Crippen LogP contribution in [0.5, 0.6) is 5.88 Å². The van der Waals surface area contributed by atoms with Crippen LogP contribution in [0.15, 0.2) is 30.6 Å². The molecule has 11 nitrogen and oxygen atoms in total. The summed E-state index contributed by atoms with van der Waals surface area (Å²) in [6.45, 7) is 8.28. The first-order chi connectivity index (χ1) is 17.2. The molecule has 0 saturated heterocycles. The van der Waals surface area contributed by atoms with E-state index in [0.29, 0.717) is 35.4 Å². The number of methoxy groups -OCH3 is 1. The standard InChI is InChI=1S/C25H37N7O4/c1-7-18(10-9-13-33)27-15-17-16-28-32-21(31(5)24(34)36-25(2,3)4)14-20(30-22(17)32)29-19-11-8-12-26-23(19)35-6/h8,11-12,14,16,18,27,33H,7,9-10,13,15H2,1-6H3,(H,29,30). The van der Waals surface area contributed by atoms with Crippen LogP contribution in [-0.4, -0.2) is 63.2 Å². The van der Waals surface area contributed by atoms with Crippen LogP contribution >= 0.6 is 0 Å². The minimum absolute atomic E-state index is 0.170. The second kappa shape index (κ2) is 12.0. The first-order valence-electron chi connectivity index (χ1n) is 12.1. The maximum atomic E-state index is 12.9. The Morgan fingerprint density at radius 2 is 2.11 bits per heavy atom. The lowest BCUT2D eigenvalue weighted by atomic mass is 10.1. The van der Waals surface area contributed by atoms with Crippen molar-refractivity contribution >= 4 is 29.1 Å². The maximum Gasteiger partial charge on any atom is 0.415 e. The van der Waals surface area contributed by atoms with Gasteiger partial charge in [-0.1, -0.05) is 6.92 Å². The summed E-state index contributed by atoms with van der Waals surface area (Å²) in [5.74, 6) is 1.40. The van der Waals surface area contributed by atoms with Crippen LogP contribution < -0.4 is 20.3 Å². The molecule has 3 N–H and O–H groups in total. The predicted octanol–water partition coefficient (Wildman–Crippen LogP) is 3.89. The Morgan fingerprint density at radius 3 is 2.78 bits per heavy atom. The lowest BCUT2D eigenvalue weighted by Crippen LogP contribution is -2.35. The molecular weight excluding hydrogens is 462 g/mol. The van der Waals surface area contributed by atoms with Crippen LogP contribution in [0.3, 0.4) is 0 Å². The normalized spacial score (nSPS) is 12.4. The highest BCUT2D eigenvalue weighted by Crippen LogP contribution is 2.28. The molecule has 0 bridgehead atoms. The van der Waals surface area contributed by atoms with Gasteiger partial charge < -0.3 is 25.2 Å². The molecule has 196 valence electrons. The van der Waals surface area contributed by atoms with Gasteiger partial charge in [0, 0.05) is 44.1 Å². The molecule has 3 heterocycles. The zero-order valence-corrected chi connectivity index (χ0v) is 21.9. The number of amides is 1. The van der Waals surface area contributed by atoms with E-state index < -0.39 is 11.7 Å². The molecule has 1 unspecified atom stereocenters. The molecule has 36 heavy (non-hydrogen) atoms. The van der Waals surface area contributed by atoms with Gasteiger partial charge in [-0.2, -0.15) is 9.61 Å². The highest BCUT2D eigenvalue weighted by molar-refractivity contribution is 5.87. The first kappa shape index (κ1) is 27.2. The number of hydrogen-bond donors (Lipinski definition) is 3. The molecule has 0 radical (unpaired) electrons. The molecule has 0 saturated carbocycles. The third-order valence-electron chi connectivity index (χ3n) is 5.55. The number of rotatable bonds is 11. The zero-order valence-electron chi connectivity index (χ0n) is 21.9. The predicted molar refractivity (Wildman–Crippen MR) is 139 cm³/mol. The van der Waals surface area contributed by atoms with Crippen LogP contribution in [0.25, 0.3) is 5.65 Å². The molecule has 0 aromatic carbocycles. The molecule has 0 fully saturated rings. The molecule has 0 aliphatic heterocycles. The summed E-state index contributed by atoms with van der Waals surface area (Å²) in [7, 11) is 3.19. The maximum absolute atomic E-state index is 12.9. The van der Waals surface area contributed by atoms with Gasteiger partial charge >= 0.3 is 6.09 Å². The van der Waals surface area contributed by atoms with E-state index in [1.807, 2.05) is 26.8 Å². The lowest BCUT2D eigenvalue weighted by molar-refractivity contribution is 0.0587. The second-order valence-electron chi connectivity index (χ2n) is 9.48. The van der Waals surface area contributed by atoms with Gasteiger partial charge in [-0.05, 0) is 52.2 Å². The molecule has 0 aliphatic carbocycles. The number of aromatic nitrogens is 4. The fourth-order valence-corrected chi connectivity index (χ4v) is 3.67. The van der Waals surface area contributed by atoms with Crippen molar-refractivity contribution in [1.29, 1.82) is 0 Å². The number of aliphatic hydroxyl groups excluding tert-OH is 1. The van der Waals surface area contributed by atoms with Crippen molar-refractivity contribution < 1.29 is 19.4 Å². The third kappa shape index (κ3) is 6.82. The number of nitrogens with one attached hydrogen (secondary N) is 2. The number of anilines is 3. The van der Waals surface area contributed by atoms with Gasteiger partial charge in [0.25, 0.3) is 0 Å². The molecular formula is C25H37N7O4. The fourth-order valence-electron chi connectivity index (χ4n) is 3.67. The van der Waals surface area contributed by atoms with Crippen LogP contribution in [-0.2, 0) is 11.3 Å². The van der Waals surface area contributed by atoms with Gasteiger partial charge in [0.1, 0.15) is 22.9 Å². The van der Waals surface area contributed by atoms with E-state index in [9.17, 15) is 9.90 Å². The summed E-state index contributed by atoms with van der Waals surface area (Å²) in [5.41, 5.74) is 1.46. The fraction of sp³-hybridized carbons (Fsp3) is 0.520. The van der Waals surface area contributed by atoms with Crippen molar-refractivity contribution in [3.05, 3.63) is 36.2 Å². The number of carbonyl (C=O) groups excluding carboxylic acids is 1. The Hall–Kier alpha value is -3.44. The first-order valence-corrected chi connectivity index (χ1v) is 12.1. The number of fused-ring (bicyclic) bond motifs is 1. The smallest absolute Gasteiger partial charge is 0.415 e. The highest BCUT2D eigenvalue weighted by atomic mass is 16.6. The lowest BCUT2D eigenvalue weighted by Gasteiger charge is -2.25. The van der Waals surface area contributed by atoms with Crippen molar-refractivity contribution in [3.63, 3.8) is 0 Å². The van der Waals surface area contributed by atoms with Gasteiger partial charge in [0.2, 0.25) is 5.88 Å². The quantitative estimate of drug-likeness (QED) is 0.360. The van der Waals surface area contributed by atoms with Crippen LogP contribution in [0.4, 0.5) is 22.1 Å². The average Bonchev–Trinajstić information content (AvgIpc) is 3.25. The molecule has 1 atom stereocenters. The third-order valence-corrected chi connectivity index (χ3v) is 5.55. The van der Waals surface area contributed by atoms with Crippen LogP contribution in [0.1, 0.15) is 52.5 Å². The Bertz CT molecular complexity index is 1160. The van der Waals surface area contributed by atoms with Gasteiger partial charge in [0.05, 0.1) is 13.3 Å². The molecule has 3 aromatic heterocycles. The van der Waals surface area contributed by atoms with Crippen LogP contribution in [0, 0.1) is 0 Å². The summed E-state index contributed by atoms with van der Waals surface area (Å²) in [5, 5.41) is 20.5. The van der Waals surface area contributed by atoms with E-state index >= 15 is 0 Å². The van der Waals surface area contributed by atoms with Crippen molar-refractivity contribution in [2.24, 2.45) is 0 Å². The molecule has 0 aliphatic rings. The average molecular weight is 500 g/mol. The van der Waals surface area contributed by atoms with Crippen molar-refractivity contribution in [2.75, 3.05) is 31.0 Å². The van der Waals surface area contributed by atoms with E-state index in [4.69, 9.17) is 14.5 Å². The topological polar surface area (TPSA) is 126 Å². The molecule has 0 spiro atoms. The van der Waals surface area contributed by atoms with Crippen molar-refractivity contribution in [3.8, 4) is 5.88 Å². The zero-order chi connectivity index (χ0) is 26.3. The number of carbonyl (C=O) groups is 1. The monoisotopic (exact) mass is 499 g/mol. The number of hydrogen-bond acceptors (Lipinski definition) is 9. The van der Waals surface area contributed by atoms with Gasteiger partial charge in [-0.15, -0.1) is 0 Å². The van der Waals surface area contributed by atoms with Crippen molar-refractivity contribution in [1.82, 2.24) is 24.9 Å². The molecule has 3 rings (SSSR count). The number of ether oxygens (including phenoxy) is 2. The second-order valence-corrected chi connectivity index (χ2v) is 9.48. The van der Waals surface area contributed by atoms with E-state index in [1.165, 1.54) is 4.90 Å². The highest BCUT2D eigenvalue weighted by Gasteiger charge is 2.24. The number of pyridine rings is 1.